The maximum absolute atomic E-state index is 11.7. The summed E-state index contributed by atoms with van der Waals surface area (Å²) in [6.07, 6.45) is 3.44. The van der Waals surface area contributed by atoms with Crippen LogP contribution in [0.15, 0.2) is 42.5 Å². The highest BCUT2D eigenvalue weighted by atomic mass is 16.2. The average Bonchev–Trinajstić information content (AvgIpc) is 3.03. The van der Waals surface area contributed by atoms with Gasteiger partial charge in [-0.1, -0.05) is 77.1 Å². The summed E-state index contributed by atoms with van der Waals surface area (Å²) in [5, 5.41) is 2.32. The molecule has 1 heterocycles. The van der Waals surface area contributed by atoms with Gasteiger partial charge in [0.2, 0.25) is 5.91 Å². The Morgan fingerprint density at radius 2 is 1.52 bits per heavy atom. The molecule has 4 rings (SSSR count). The molecule has 0 bridgehead atoms. The fraction of sp³-hybridized carbons (Fsp3) is 0.481. The number of fused-ring (bicyclic) bond motifs is 1. The molecule has 2 aromatic carbocycles. The summed E-state index contributed by atoms with van der Waals surface area (Å²) >= 11 is 0. The summed E-state index contributed by atoms with van der Waals surface area (Å²) in [7, 11) is 0. The quantitative estimate of drug-likeness (QED) is 0.658. The zero-order valence-corrected chi connectivity index (χ0v) is 19.4. The minimum Gasteiger partial charge on any atom is -0.311 e. The van der Waals surface area contributed by atoms with Crippen LogP contribution in [0.25, 0.3) is 0 Å². The molecule has 0 radical (unpaired) electrons. The van der Waals surface area contributed by atoms with Crippen LogP contribution in [0.5, 0.6) is 0 Å². The highest BCUT2D eigenvalue weighted by Gasteiger charge is 2.37. The van der Waals surface area contributed by atoms with Crippen molar-refractivity contribution in [1.29, 1.82) is 0 Å². The van der Waals surface area contributed by atoms with Gasteiger partial charge < -0.3 is 4.90 Å². The smallest absolute Gasteiger partial charge is 0.311 e. The van der Waals surface area contributed by atoms with Gasteiger partial charge in [0, 0.05) is 6.54 Å². The van der Waals surface area contributed by atoms with Crippen LogP contribution in [0.2, 0.25) is 0 Å². The Bertz CT molecular complexity index is 1000. The number of nitrogens with one attached hydrogen (secondary N) is 1. The molecule has 2 aromatic rings. The van der Waals surface area contributed by atoms with Crippen molar-refractivity contribution in [3.8, 4) is 0 Å². The molecular weight excluding hydrogens is 384 g/mol. The maximum Gasteiger partial charge on any atom is 0.324 e. The third-order valence-corrected chi connectivity index (χ3v) is 7.25. The van der Waals surface area contributed by atoms with E-state index in [-0.39, 0.29) is 29.3 Å². The number of amides is 3. The van der Waals surface area contributed by atoms with Gasteiger partial charge in [-0.05, 0) is 63.8 Å². The predicted molar refractivity (Wildman–Crippen MR) is 124 cm³/mol. The highest BCUT2D eigenvalue weighted by molar-refractivity contribution is 6.01. The van der Waals surface area contributed by atoms with Crippen molar-refractivity contribution in [2.45, 2.75) is 77.2 Å². The lowest BCUT2D eigenvalue weighted by atomic mass is 9.62. The van der Waals surface area contributed by atoms with Crippen molar-refractivity contribution >= 4 is 11.9 Å². The molecule has 31 heavy (non-hydrogen) atoms. The third kappa shape index (κ3) is 4.39. The van der Waals surface area contributed by atoms with Gasteiger partial charge in [0.25, 0.3) is 0 Å². The number of rotatable bonds is 5. The molecule has 3 amide bonds. The number of urea groups is 1. The topological polar surface area (TPSA) is 49.4 Å². The fourth-order valence-corrected chi connectivity index (χ4v) is 5.00. The maximum atomic E-state index is 11.7. The van der Waals surface area contributed by atoms with Gasteiger partial charge in [0.1, 0.15) is 6.54 Å². The first-order valence-electron chi connectivity index (χ1n) is 11.4. The Labute approximate surface area is 186 Å². The number of hydrogen-bond donors (Lipinski definition) is 1. The van der Waals surface area contributed by atoms with E-state index >= 15 is 0 Å². The Morgan fingerprint density at radius 1 is 0.903 bits per heavy atom. The SMILES string of the molecule is CC(Cc1ccc(CN2CC(=O)NC2=O)cc1)c1ccc2c(c1)C(C)(C)CCC2(C)C. The second-order valence-corrected chi connectivity index (χ2v) is 10.7. The van der Waals surface area contributed by atoms with E-state index in [1.165, 1.54) is 40.0 Å². The first-order chi connectivity index (χ1) is 14.5. The Kier molecular flexibility index (Phi) is 5.45. The van der Waals surface area contributed by atoms with E-state index in [0.29, 0.717) is 12.5 Å². The Morgan fingerprint density at radius 3 is 2.13 bits per heavy atom. The second kappa shape index (κ2) is 7.81. The molecule has 0 spiro atoms. The van der Waals surface area contributed by atoms with Gasteiger partial charge >= 0.3 is 6.03 Å². The van der Waals surface area contributed by atoms with Crippen LogP contribution < -0.4 is 5.32 Å². The van der Waals surface area contributed by atoms with E-state index in [2.05, 4.69) is 82.4 Å². The van der Waals surface area contributed by atoms with E-state index in [4.69, 9.17) is 0 Å². The van der Waals surface area contributed by atoms with E-state index in [9.17, 15) is 9.59 Å². The van der Waals surface area contributed by atoms with Gasteiger partial charge in [-0.2, -0.15) is 0 Å². The van der Waals surface area contributed by atoms with Crippen LogP contribution in [0.4, 0.5) is 4.79 Å². The monoisotopic (exact) mass is 418 g/mol. The molecule has 164 valence electrons. The first-order valence-corrected chi connectivity index (χ1v) is 11.4. The number of carbonyl (C=O) groups is 2. The number of benzene rings is 2. The predicted octanol–water partition coefficient (Wildman–Crippen LogP) is 5.43. The van der Waals surface area contributed by atoms with Gasteiger partial charge in [-0.15, -0.1) is 0 Å². The van der Waals surface area contributed by atoms with E-state index < -0.39 is 0 Å². The molecule has 1 saturated heterocycles. The highest BCUT2D eigenvalue weighted by Crippen LogP contribution is 2.46. The molecule has 4 heteroatoms. The number of hydrogen-bond acceptors (Lipinski definition) is 2. The minimum absolute atomic E-state index is 0.142. The number of imide groups is 1. The van der Waals surface area contributed by atoms with E-state index in [0.717, 1.165) is 12.0 Å². The van der Waals surface area contributed by atoms with E-state index in [1.807, 2.05) is 0 Å². The lowest BCUT2D eigenvalue weighted by molar-refractivity contribution is -0.118. The molecule has 0 saturated carbocycles. The van der Waals surface area contributed by atoms with E-state index in [1.54, 1.807) is 0 Å². The van der Waals surface area contributed by atoms with Crippen LogP contribution in [0.3, 0.4) is 0 Å². The molecule has 1 fully saturated rings. The summed E-state index contributed by atoms with van der Waals surface area (Å²) in [4.78, 5) is 24.6. The molecule has 4 nitrogen and oxygen atoms in total. The van der Waals surface area contributed by atoms with Gasteiger partial charge in [-0.25, -0.2) is 4.79 Å². The molecule has 1 aliphatic carbocycles. The fourth-order valence-electron chi connectivity index (χ4n) is 5.00. The van der Waals surface area contributed by atoms with Crippen LogP contribution in [-0.4, -0.2) is 23.4 Å². The zero-order valence-electron chi connectivity index (χ0n) is 19.4. The van der Waals surface area contributed by atoms with Gasteiger partial charge in [-0.3, -0.25) is 10.1 Å². The van der Waals surface area contributed by atoms with Crippen LogP contribution in [0, 0.1) is 0 Å². The van der Waals surface area contributed by atoms with Crippen LogP contribution in [-0.2, 0) is 28.6 Å². The molecule has 1 atom stereocenters. The first kappa shape index (κ1) is 21.6. The molecule has 1 aliphatic heterocycles. The van der Waals surface area contributed by atoms with Crippen LogP contribution in [0.1, 0.15) is 81.2 Å². The lowest BCUT2D eigenvalue weighted by Gasteiger charge is -2.42. The summed E-state index contributed by atoms with van der Waals surface area (Å²) in [5.74, 6) is 0.200. The van der Waals surface area contributed by atoms with Gasteiger partial charge in [0.15, 0.2) is 0 Å². The third-order valence-electron chi connectivity index (χ3n) is 7.25. The van der Waals surface area contributed by atoms with Crippen molar-refractivity contribution in [3.05, 3.63) is 70.3 Å². The number of carbonyl (C=O) groups excluding carboxylic acids is 2. The molecule has 1 N–H and O–H groups in total. The van der Waals surface area contributed by atoms with Crippen molar-refractivity contribution in [2.24, 2.45) is 0 Å². The van der Waals surface area contributed by atoms with Crippen molar-refractivity contribution in [2.75, 3.05) is 6.54 Å². The van der Waals surface area contributed by atoms with Crippen molar-refractivity contribution in [3.63, 3.8) is 0 Å². The average molecular weight is 419 g/mol. The molecule has 1 unspecified atom stereocenters. The summed E-state index contributed by atoms with van der Waals surface area (Å²) in [5.41, 5.74) is 7.23. The molecule has 0 aromatic heterocycles. The Hall–Kier alpha value is -2.62. The van der Waals surface area contributed by atoms with Crippen LogP contribution >= 0.6 is 0 Å². The molecule has 2 aliphatic rings. The Balaban J connectivity index is 1.47. The second-order valence-electron chi connectivity index (χ2n) is 10.7. The summed E-state index contributed by atoms with van der Waals surface area (Å²) < 4.78 is 0. The number of nitrogens with zero attached hydrogens (tertiary/aromatic N) is 1. The lowest BCUT2D eigenvalue weighted by Crippen LogP contribution is -2.34. The summed E-state index contributed by atoms with van der Waals surface area (Å²) in [6.45, 7) is 12.4. The summed E-state index contributed by atoms with van der Waals surface area (Å²) in [6, 6.07) is 15.3. The van der Waals surface area contributed by atoms with Crippen molar-refractivity contribution < 1.29 is 9.59 Å². The zero-order chi connectivity index (χ0) is 22.4. The standard InChI is InChI=1S/C27H34N2O2/c1-18(21-10-11-22-23(15-21)27(4,5)13-12-26(22,2)3)14-19-6-8-20(9-7-19)16-29-17-24(30)28-25(29)31/h6-11,15,18H,12-14,16-17H2,1-5H3,(H,28,30,31). The van der Waals surface area contributed by atoms with Gasteiger partial charge in [0.05, 0.1) is 0 Å². The largest absolute Gasteiger partial charge is 0.324 e. The normalized spacial score (nSPS) is 20.4. The molecular formula is C27H34N2O2. The minimum atomic E-state index is -0.304. The van der Waals surface area contributed by atoms with Crippen molar-refractivity contribution in [1.82, 2.24) is 10.2 Å².